The van der Waals surface area contributed by atoms with Crippen LogP contribution >= 0.6 is 23.1 Å². The highest BCUT2D eigenvalue weighted by atomic mass is 32.2. The zero-order chi connectivity index (χ0) is 25.4. The van der Waals surface area contributed by atoms with Crippen LogP contribution in [0, 0.1) is 0 Å². The fourth-order valence-corrected chi connectivity index (χ4v) is 5.86. The molecule has 2 aromatic heterocycles. The fraction of sp³-hybridized carbons (Fsp3) is 0.0769. The van der Waals surface area contributed by atoms with Crippen molar-refractivity contribution >= 4 is 56.2 Å². The van der Waals surface area contributed by atoms with Crippen LogP contribution in [0.4, 0.5) is 0 Å². The summed E-state index contributed by atoms with van der Waals surface area (Å²) in [5.74, 6) is 0.522. The number of hydrazone groups is 1. The van der Waals surface area contributed by atoms with E-state index in [1.54, 1.807) is 42.5 Å². The number of hydrogen-bond donors (Lipinski definition) is 2. The van der Waals surface area contributed by atoms with E-state index in [1.807, 2.05) is 24.3 Å². The number of aromatic nitrogens is 2. The van der Waals surface area contributed by atoms with Gasteiger partial charge in [0.05, 0.1) is 33.4 Å². The van der Waals surface area contributed by atoms with Crippen molar-refractivity contribution in [3.63, 3.8) is 0 Å². The van der Waals surface area contributed by atoms with Crippen molar-refractivity contribution in [1.82, 2.24) is 15.0 Å². The van der Waals surface area contributed by atoms with E-state index in [0.717, 1.165) is 14.6 Å². The van der Waals surface area contributed by atoms with Crippen molar-refractivity contribution in [1.29, 1.82) is 0 Å². The van der Waals surface area contributed by atoms with Crippen molar-refractivity contribution in [2.45, 2.75) is 4.34 Å². The van der Waals surface area contributed by atoms with Gasteiger partial charge in [0.25, 0.3) is 11.5 Å². The Morgan fingerprint density at radius 1 is 1.11 bits per heavy atom. The largest absolute Gasteiger partial charge is 0.494 e. The molecule has 1 aliphatic rings. The van der Waals surface area contributed by atoms with Crippen LogP contribution < -0.4 is 20.5 Å². The number of nitrogens with zero attached hydrogens (tertiary/aromatic N) is 3. The molecule has 3 aromatic carbocycles. The number of hydrogen-bond acceptors (Lipinski definition) is 9. The van der Waals surface area contributed by atoms with Gasteiger partial charge < -0.3 is 14.6 Å². The minimum Gasteiger partial charge on any atom is -0.494 e. The van der Waals surface area contributed by atoms with Gasteiger partial charge in [0.15, 0.2) is 15.8 Å². The van der Waals surface area contributed by atoms with Crippen molar-refractivity contribution in [3.8, 4) is 23.1 Å². The number of benzene rings is 3. The molecular formula is C26H18N4O5S2. The van der Waals surface area contributed by atoms with Gasteiger partial charge in [-0.3, -0.25) is 9.59 Å². The molecule has 2 N–H and O–H groups in total. The normalized spacial score (nSPS) is 12.5. The number of fused-ring (bicyclic) bond motifs is 3. The number of nitrogens with one attached hydrogen (secondary N) is 1. The van der Waals surface area contributed by atoms with Gasteiger partial charge in [0.2, 0.25) is 12.7 Å². The molecule has 5 aromatic rings. The number of carbonyl (C=O) groups excluding carboxylic acids is 1. The molecule has 0 bridgehead atoms. The lowest BCUT2D eigenvalue weighted by molar-refractivity contribution is -0.118. The van der Waals surface area contributed by atoms with Crippen LogP contribution in [-0.4, -0.2) is 39.3 Å². The molecule has 184 valence electrons. The van der Waals surface area contributed by atoms with Gasteiger partial charge in [-0.1, -0.05) is 42.1 Å². The van der Waals surface area contributed by atoms with Gasteiger partial charge >= 0.3 is 0 Å². The molecule has 37 heavy (non-hydrogen) atoms. The van der Waals surface area contributed by atoms with Crippen LogP contribution in [0.2, 0.25) is 0 Å². The number of pyridine rings is 1. The third kappa shape index (κ3) is 4.39. The Balaban J connectivity index is 1.26. The highest BCUT2D eigenvalue weighted by Crippen LogP contribution is 2.35. The van der Waals surface area contributed by atoms with Gasteiger partial charge in [-0.2, -0.15) is 5.10 Å². The van der Waals surface area contributed by atoms with Crippen LogP contribution in [0.1, 0.15) is 5.56 Å². The Kier molecular flexibility index (Phi) is 5.99. The van der Waals surface area contributed by atoms with E-state index in [9.17, 15) is 14.7 Å². The number of thioether (sulfide) groups is 1. The molecule has 1 amide bonds. The predicted octanol–water partition coefficient (Wildman–Crippen LogP) is 4.28. The highest BCUT2D eigenvalue weighted by Gasteiger charge is 2.19. The summed E-state index contributed by atoms with van der Waals surface area (Å²) < 4.78 is 13.8. The Hall–Kier alpha value is -4.35. The molecule has 0 spiro atoms. The second-order valence-corrected chi connectivity index (χ2v) is 10.2. The number of ether oxygens (including phenoxy) is 2. The molecule has 1 aliphatic heterocycles. The van der Waals surface area contributed by atoms with Crippen molar-refractivity contribution in [3.05, 3.63) is 82.6 Å². The molecule has 6 rings (SSSR count). The summed E-state index contributed by atoms with van der Waals surface area (Å²) in [7, 11) is 0. The van der Waals surface area contributed by atoms with Gasteiger partial charge in [-0.15, -0.1) is 11.3 Å². The number of rotatable bonds is 6. The Morgan fingerprint density at radius 2 is 1.89 bits per heavy atom. The van der Waals surface area contributed by atoms with Crippen LogP contribution in [0.5, 0.6) is 17.4 Å². The summed E-state index contributed by atoms with van der Waals surface area (Å²) in [4.78, 5) is 30.2. The van der Waals surface area contributed by atoms with Crippen LogP contribution in [0.15, 0.2) is 81.0 Å². The molecule has 11 heteroatoms. The Morgan fingerprint density at radius 3 is 2.76 bits per heavy atom. The van der Waals surface area contributed by atoms with E-state index >= 15 is 0 Å². The highest BCUT2D eigenvalue weighted by molar-refractivity contribution is 8.01. The van der Waals surface area contributed by atoms with E-state index < -0.39 is 5.56 Å². The summed E-state index contributed by atoms with van der Waals surface area (Å²) in [5.41, 5.74) is 3.67. The number of amides is 1. The molecule has 0 saturated carbocycles. The minimum atomic E-state index is -0.402. The van der Waals surface area contributed by atoms with Crippen LogP contribution in [0.25, 0.3) is 26.7 Å². The third-order valence-corrected chi connectivity index (χ3v) is 7.88. The van der Waals surface area contributed by atoms with Crippen molar-refractivity contribution < 1.29 is 19.4 Å². The summed E-state index contributed by atoms with van der Waals surface area (Å²) in [6.45, 7) is 0.0895. The summed E-state index contributed by atoms with van der Waals surface area (Å²) in [6.07, 6.45) is 1.33. The lowest BCUT2D eigenvalue weighted by Crippen LogP contribution is -2.21. The second kappa shape index (κ2) is 9.60. The van der Waals surface area contributed by atoms with E-state index in [-0.39, 0.29) is 29.9 Å². The summed E-state index contributed by atoms with van der Waals surface area (Å²) >= 11 is 2.84. The molecule has 0 fully saturated rings. The molecule has 3 heterocycles. The van der Waals surface area contributed by atoms with Gasteiger partial charge in [-0.25, -0.2) is 15.0 Å². The Labute approximate surface area is 218 Å². The number of para-hydroxylation sites is 1. The first-order valence-electron chi connectivity index (χ1n) is 11.2. The van der Waals surface area contributed by atoms with Crippen molar-refractivity contribution in [2.75, 3.05) is 12.5 Å². The molecule has 0 radical (unpaired) electrons. The maximum absolute atomic E-state index is 13.3. The minimum absolute atomic E-state index is 0.0895. The van der Waals surface area contributed by atoms with Gasteiger partial charge in [0.1, 0.15) is 0 Å². The summed E-state index contributed by atoms with van der Waals surface area (Å²) in [6, 6.07) is 19.6. The monoisotopic (exact) mass is 530 g/mol. The molecule has 0 aliphatic carbocycles. The van der Waals surface area contributed by atoms with Gasteiger partial charge in [0, 0.05) is 16.8 Å². The average molecular weight is 531 g/mol. The first kappa shape index (κ1) is 23.1. The third-order valence-electron chi connectivity index (χ3n) is 5.70. The lowest BCUT2D eigenvalue weighted by Gasteiger charge is -2.14. The molecule has 0 atom stereocenters. The molecule has 9 nitrogen and oxygen atoms in total. The molecule has 0 saturated heterocycles. The quantitative estimate of drug-likeness (QED) is 0.191. The topological polar surface area (TPSA) is 115 Å². The zero-order valence-corrected chi connectivity index (χ0v) is 20.7. The first-order valence-corrected chi connectivity index (χ1v) is 13.0. The van der Waals surface area contributed by atoms with Crippen molar-refractivity contribution in [2.24, 2.45) is 5.10 Å². The van der Waals surface area contributed by atoms with Crippen LogP contribution in [0.3, 0.4) is 0 Å². The van der Waals surface area contributed by atoms with E-state index in [2.05, 4.69) is 15.5 Å². The standard InChI is InChI=1S/C26H18N4O5S2/c31-23(13-36-26-28-19-7-3-4-8-22(19)37-26)29-27-12-18-16-5-1-2-6-17(16)24(32)30(25(18)33)15-9-10-20-21(11-15)35-14-34-20/h1-12,33H,13-14H2,(H,29,31). The fourth-order valence-electron chi connectivity index (χ4n) is 3.99. The molecule has 0 unspecified atom stereocenters. The van der Waals surface area contributed by atoms with E-state index in [1.165, 1.54) is 33.9 Å². The van der Waals surface area contributed by atoms with Crippen LogP contribution in [-0.2, 0) is 4.79 Å². The first-order chi connectivity index (χ1) is 18.1. The Bertz CT molecular complexity index is 1730. The van der Waals surface area contributed by atoms with E-state index in [4.69, 9.17) is 9.47 Å². The summed E-state index contributed by atoms with van der Waals surface area (Å²) in [5, 5.41) is 16.1. The smallest absolute Gasteiger partial charge is 0.265 e. The zero-order valence-electron chi connectivity index (χ0n) is 19.1. The predicted molar refractivity (Wildman–Crippen MR) is 143 cm³/mol. The average Bonchev–Trinajstić information content (AvgIpc) is 3.56. The maximum atomic E-state index is 13.3. The maximum Gasteiger partial charge on any atom is 0.265 e. The van der Waals surface area contributed by atoms with Gasteiger partial charge in [-0.05, 0) is 30.3 Å². The number of aromatic hydroxyl groups is 1. The SMILES string of the molecule is O=C(CSc1nc2ccccc2s1)NN=Cc1c(O)n(-c2ccc3c(c2)OCO3)c(=O)c2ccccc12. The number of thiazole rings is 1. The van der Waals surface area contributed by atoms with E-state index in [0.29, 0.717) is 28.0 Å². The second-order valence-electron chi connectivity index (χ2n) is 7.99. The molecular weight excluding hydrogens is 512 g/mol. The lowest BCUT2D eigenvalue weighted by atomic mass is 10.1. The number of carbonyl (C=O) groups is 1.